The van der Waals surface area contributed by atoms with E-state index in [0.29, 0.717) is 28.2 Å². The Balaban J connectivity index is 2.18. The van der Waals surface area contributed by atoms with E-state index in [-0.39, 0.29) is 11.3 Å². The van der Waals surface area contributed by atoms with Crippen LogP contribution in [0, 0.1) is 13.8 Å². The van der Waals surface area contributed by atoms with Crippen LogP contribution in [-0.2, 0) is 4.79 Å². The Labute approximate surface area is 150 Å². The van der Waals surface area contributed by atoms with Crippen molar-refractivity contribution in [1.82, 2.24) is 9.55 Å². The average Bonchev–Trinajstić information content (AvgIpc) is 2.58. The summed E-state index contributed by atoms with van der Waals surface area (Å²) >= 11 is 1.44. The molecule has 0 aliphatic rings. The van der Waals surface area contributed by atoms with E-state index in [4.69, 9.17) is 0 Å². The van der Waals surface area contributed by atoms with E-state index < -0.39 is 0 Å². The van der Waals surface area contributed by atoms with Gasteiger partial charge < -0.3 is 0 Å². The standard InChI is InChI=1S/C20H20N2O2S/c1-13-8-9-16(12-14(13)2)22-19(24)17-6-4-5-7-18(17)21-20(22)25-11-10-15(3)23/h4-9,12H,10-11H2,1-3H3. The number of carbonyl (C=O) groups is 1. The predicted molar refractivity (Wildman–Crippen MR) is 103 cm³/mol. The first-order valence-corrected chi connectivity index (χ1v) is 9.17. The summed E-state index contributed by atoms with van der Waals surface area (Å²) in [6, 6.07) is 13.3. The summed E-state index contributed by atoms with van der Waals surface area (Å²) in [5.41, 5.74) is 3.70. The second-order valence-electron chi connectivity index (χ2n) is 6.12. The van der Waals surface area contributed by atoms with Gasteiger partial charge in [-0.15, -0.1) is 0 Å². The van der Waals surface area contributed by atoms with E-state index in [1.165, 1.54) is 17.3 Å². The molecule has 3 aromatic rings. The maximum Gasteiger partial charge on any atom is 0.266 e. The Morgan fingerprint density at radius 1 is 1.12 bits per heavy atom. The molecule has 3 rings (SSSR count). The lowest BCUT2D eigenvalue weighted by Gasteiger charge is -2.14. The zero-order chi connectivity index (χ0) is 18.0. The van der Waals surface area contributed by atoms with Crippen molar-refractivity contribution < 1.29 is 4.79 Å². The highest BCUT2D eigenvalue weighted by Crippen LogP contribution is 2.23. The summed E-state index contributed by atoms with van der Waals surface area (Å²) in [5.74, 6) is 0.735. The summed E-state index contributed by atoms with van der Waals surface area (Å²) in [4.78, 5) is 29.0. The molecule has 5 heteroatoms. The van der Waals surface area contributed by atoms with Crippen LogP contribution in [0.1, 0.15) is 24.5 Å². The predicted octanol–water partition coefficient (Wildman–Crippen LogP) is 4.07. The molecule has 0 amide bonds. The summed E-state index contributed by atoms with van der Waals surface area (Å²) < 4.78 is 1.65. The molecule has 0 N–H and O–H groups in total. The van der Waals surface area contributed by atoms with E-state index in [1.807, 2.05) is 50.2 Å². The zero-order valence-electron chi connectivity index (χ0n) is 14.6. The third-order valence-electron chi connectivity index (χ3n) is 4.18. The van der Waals surface area contributed by atoms with E-state index in [2.05, 4.69) is 4.98 Å². The Hall–Kier alpha value is -2.40. The normalized spacial score (nSPS) is 11.0. The van der Waals surface area contributed by atoms with Crippen molar-refractivity contribution in [3.05, 3.63) is 63.9 Å². The van der Waals surface area contributed by atoms with Gasteiger partial charge in [0.1, 0.15) is 5.78 Å². The molecular formula is C20H20N2O2S. The van der Waals surface area contributed by atoms with Crippen LogP contribution in [0.4, 0.5) is 0 Å². The van der Waals surface area contributed by atoms with Crippen molar-refractivity contribution >= 4 is 28.4 Å². The SMILES string of the molecule is CC(=O)CCSc1nc2ccccc2c(=O)n1-c1ccc(C)c(C)c1. The zero-order valence-corrected chi connectivity index (χ0v) is 15.4. The van der Waals surface area contributed by atoms with Gasteiger partial charge in [-0.3, -0.25) is 14.2 Å². The number of para-hydroxylation sites is 1. The molecule has 128 valence electrons. The molecule has 1 heterocycles. The molecule has 0 aliphatic heterocycles. The fourth-order valence-electron chi connectivity index (χ4n) is 2.59. The molecule has 25 heavy (non-hydrogen) atoms. The third kappa shape index (κ3) is 3.66. The molecule has 2 aromatic carbocycles. The van der Waals surface area contributed by atoms with E-state index >= 15 is 0 Å². The van der Waals surface area contributed by atoms with Crippen molar-refractivity contribution in [2.75, 3.05) is 5.75 Å². The summed E-state index contributed by atoms with van der Waals surface area (Å²) in [6.45, 7) is 5.65. The summed E-state index contributed by atoms with van der Waals surface area (Å²) in [5, 5.41) is 1.21. The molecule has 0 bridgehead atoms. The number of hydrogen-bond acceptors (Lipinski definition) is 4. The number of thioether (sulfide) groups is 1. The van der Waals surface area contributed by atoms with Crippen molar-refractivity contribution in [3.8, 4) is 5.69 Å². The highest BCUT2D eigenvalue weighted by Gasteiger charge is 2.14. The molecule has 0 fully saturated rings. The number of nitrogens with zero attached hydrogens (tertiary/aromatic N) is 2. The summed E-state index contributed by atoms with van der Waals surface area (Å²) in [7, 11) is 0. The molecule has 0 saturated heterocycles. The van der Waals surface area contributed by atoms with Crippen LogP contribution >= 0.6 is 11.8 Å². The van der Waals surface area contributed by atoms with E-state index in [0.717, 1.165) is 11.3 Å². The highest BCUT2D eigenvalue weighted by atomic mass is 32.2. The van der Waals surface area contributed by atoms with Gasteiger partial charge in [-0.2, -0.15) is 0 Å². The number of hydrogen-bond donors (Lipinski definition) is 0. The first-order valence-electron chi connectivity index (χ1n) is 8.19. The van der Waals surface area contributed by atoms with Gasteiger partial charge in [-0.1, -0.05) is 30.0 Å². The van der Waals surface area contributed by atoms with Crippen LogP contribution in [0.2, 0.25) is 0 Å². The van der Waals surface area contributed by atoms with Gasteiger partial charge in [0.25, 0.3) is 5.56 Å². The van der Waals surface area contributed by atoms with Crippen LogP contribution in [0.15, 0.2) is 52.4 Å². The number of rotatable bonds is 5. The minimum absolute atomic E-state index is 0.0841. The highest BCUT2D eigenvalue weighted by molar-refractivity contribution is 7.99. The van der Waals surface area contributed by atoms with Crippen molar-refractivity contribution in [1.29, 1.82) is 0 Å². The second kappa shape index (κ2) is 7.23. The quantitative estimate of drug-likeness (QED) is 0.513. The summed E-state index contributed by atoms with van der Waals surface area (Å²) in [6.07, 6.45) is 0.459. The van der Waals surface area contributed by atoms with E-state index in [1.54, 1.807) is 17.6 Å². The lowest BCUT2D eigenvalue weighted by atomic mass is 10.1. The van der Waals surface area contributed by atoms with Crippen LogP contribution in [-0.4, -0.2) is 21.1 Å². The smallest absolute Gasteiger partial charge is 0.266 e. The second-order valence-corrected chi connectivity index (χ2v) is 7.18. The number of benzene rings is 2. The van der Waals surface area contributed by atoms with Gasteiger partial charge >= 0.3 is 0 Å². The van der Waals surface area contributed by atoms with Crippen molar-refractivity contribution in [3.63, 3.8) is 0 Å². The Kier molecular flexibility index (Phi) is 5.04. The fourth-order valence-corrected chi connectivity index (χ4v) is 3.64. The Bertz CT molecular complexity index is 1010. The van der Waals surface area contributed by atoms with Gasteiger partial charge in [-0.25, -0.2) is 4.98 Å². The van der Waals surface area contributed by atoms with Crippen molar-refractivity contribution in [2.24, 2.45) is 0 Å². The van der Waals surface area contributed by atoms with Gasteiger partial charge in [0.15, 0.2) is 5.16 Å². The first-order chi connectivity index (χ1) is 12.0. The molecule has 0 aliphatic carbocycles. The maximum absolute atomic E-state index is 13.1. The molecule has 0 atom stereocenters. The number of aromatic nitrogens is 2. The van der Waals surface area contributed by atoms with Crippen molar-refractivity contribution in [2.45, 2.75) is 32.3 Å². The Morgan fingerprint density at radius 2 is 1.88 bits per heavy atom. The third-order valence-corrected chi connectivity index (χ3v) is 5.12. The molecule has 0 radical (unpaired) electrons. The van der Waals surface area contributed by atoms with E-state index in [9.17, 15) is 9.59 Å². The molecule has 0 spiro atoms. The fraction of sp³-hybridized carbons (Fsp3) is 0.250. The monoisotopic (exact) mass is 352 g/mol. The van der Waals surface area contributed by atoms with Crippen LogP contribution in [0.3, 0.4) is 0 Å². The number of aryl methyl sites for hydroxylation is 2. The van der Waals surface area contributed by atoms with Gasteiger partial charge in [0.05, 0.1) is 16.6 Å². The first kappa shape index (κ1) is 17.4. The number of Topliss-reactive ketones (excluding diaryl/α,β-unsaturated/α-hetero) is 1. The number of ketones is 1. The van der Waals surface area contributed by atoms with Crippen LogP contribution in [0.25, 0.3) is 16.6 Å². The molecule has 1 aromatic heterocycles. The lowest BCUT2D eigenvalue weighted by Crippen LogP contribution is -2.22. The molecule has 0 unspecified atom stereocenters. The molecule has 0 saturated carbocycles. The maximum atomic E-state index is 13.1. The average molecular weight is 352 g/mol. The lowest BCUT2D eigenvalue weighted by molar-refractivity contribution is -0.116. The van der Waals surface area contributed by atoms with Gasteiger partial charge in [0.2, 0.25) is 0 Å². The van der Waals surface area contributed by atoms with Crippen LogP contribution in [0.5, 0.6) is 0 Å². The van der Waals surface area contributed by atoms with Crippen LogP contribution < -0.4 is 5.56 Å². The number of carbonyl (C=O) groups excluding carboxylic acids is 1. The molecule has 4 nitrogen and oxygen atoms in total. The topological polar surface area (TPSA) is 52.0 Å². The number of fused-ring (bicyclic) bond motifs is 1. The molecular weight excluding hydrogens is 332 g/mol. The minimum Gasteiger partial charge on any atom is -0.300 e. The minimum atomic E-state index is -0.0841. The largest absolute Gasteiger partial charge is 0.300 e. The van der Waals surface area contributed by atoms with Gasteiger partial charge in [-0.05, 0) is 56.2 Å². The Morgan fingerprint density at radius 3 is 2.60 bits per heavy atom. The van der Waals surface area contributed by atoms with Gasteiger partial charge in [0, 0.05) is 12.2 Å².